The lowest BCUT2D eigenvalue weighted by molar-refractivity contribution is -0.133. The summed E-state index contributed by atoms with van der Waals surface area (Å²) in [6.45, 7) is 2.87. The van der Waals surface area contributed by atoms with E-state index in [9.17, 15) is 4.79 Å². The van der Waals surface area contributed by atoms with Crippen molar-refractivity contribution in [1.29, 1.82) is 0 Å². The molecule has 1 aromatic carbocycles. The zero-order chi connectivity index (χ0) is 14.4. The van der Waals surface area contributed by atoms with E-state index >= 15 is 0 Å². The molecule has 0 aliphatic carbocycles. The fourth-order valence-corrected chi connectivity index (χ4v) is 2.23. The average Bonchev–Trinajstić information content (AvgIpc) is 2.48. The number of hydrogen-bond acceptors (Lipinski definition) is 4. The largest absolute Gasteiger partial charge is 0.497 e. The Balaban J connectivity index is 0.00000220. The van der Waals surface area contributed by atoms with Crippen molar-refractivity contribution in [3.8, 4) is 5.75 Å². The minimum absolute atomic E-state index is 0. The minimum Gasteiger partial charge on any atom is -0.497 e. The molecule has 1 unspecified atom stereocenters. The second-order valence-electron chi connectivity index (χ2n) is 5.00. The van der Waals surface area contributed by atoms with Crippen LogP contribution in [-0.2, 0) is 16.1 Å². The van der Waals surface area contributed by atoms with E-state index < -0.39 is 0 Å². The van der Waals surface area contributed by atoms with Crippen molar-refractivity contribution in [2.75, 3.05) is 33.9 Å². The highest BCUT2D eigenvalue weighted by Gasteiger charge is 2.19. The van der Waals surface area contributed by atoms with Crippen molar-refractivity contribution >= 4 is 18.3 Å². The van der Waals surface area contributed by atoms with Crippen LogP contribution in [0.15, 0.2) is 24.3 Å². The Morgan fingerprint density at radius 2 is 2.33 bits per heavy atom. The van der Waals surface area contributed by atoms with E-state index in [4.69, 9.17) is 9.47 Å². The lowest BCUT2D eigenvalue weighted by atomic mass is 10.1. The monoisotopic (exact) mass is 314 g/mol. The highest BCUT2D eigenvalue weighted by molar-refractivity contribution is 5.85. The van der Waals surface area contributed by atoms with E-state index in [1.54, 1.807) is 12.0 Å². The normalized spacial score (nSPS) is 17.7. The van der Waals surface area contributed by atoms with Crippen LogP contribution in [0.25, 0.3) is 0 Å². The van der Waals surface area contributed by atoms with E-state index in [0.717, 1.165) is 24.4 Å². The molecule has 1 aliphatic heterocycles. The highest BCUT2D eigenvalue weighted by Crippen LogP contribution is 2.14. The Morgan fingerprint density at radius 1 is 1.52 bits per heavy atom. The van der Waals surface area contributed by atoms with Crippen LogP contribution >= 0.6 is 12.4 Å². The number of nitrogens with zero attached hydrogens (tertiary/aromatic N) is 1. The molecule has 1 atom stereocenters. The number of methoxy groups -OCH3 is 1. The number of benzene rings is 1. The van der Waals surface area contributed by atoms with Gasteiger partial charge in [-0.3, -0.25) is 4.79 Å². The number of amides is 1. The van der Waals surface area contributed by atoms with Gasteiger partial charge in [0.25, 0.3) is 0 Å². The molecule has 1 fully saturated rings. The minimum atomic E-state index is -0.0102. The van der Waals surface area contributed by atoms with Gasteiger partial charge >= 0.3 is 0 Å². The molecular weight excluding hydrogens is 292 g/mol. The molecule has 1 N–H and O–H groups in total. The molecule has 1 amide bonds. The number of carbonyl (C=O) groups is 1. The first kappa shape index (κ1) is 17.8. The fraction of sp³-hybridized carbons (Fsp3) is 0.533. The molecule has 118 valence electrons. The summed E-state index contributed by atoms with van der Waals surface area (Å²) in [5.74, 6) is 0.907. The standard InChI is InChI=1S/C15H22N2O3.ClH/c1-17(11-12-4-3-5-13(8-12)19-2)15(18)9-14-10-16-6-7-20-14;/h3-5,8,14,16H,6-7,9-11H2,1-2H3;1H. The molecule has 21 heavy (non-hydrogen) atoms. The Bertz CT molecular complexity index is 450. The van der Waals surface area contributed by atoms with Crippen LogP contribution in [0, 0.1) is 0 Å². The topological polar surface area (TPSA) is 50.8 Å². The number of hydrogen-bond donors (Lipinski definition) is 1. The summed E-state index contributed by atoms with van der Waals surface area (Å²) >= 11 is 0. The maximum atomic E-state index is 12.2. The van der Waals surface area contributed by atoms with E-state index in [2.05, 4.69) is 5.32 Å². The number of morpholine rings is 1. The third-order valence-corrected chi connectivity index (χ3v) is 3.39. The maximum Gasteiger partial charge on any atom is 0.225 e. The first-order valence-electron chi connectivity index (χ1n) is 6.88. The Morgan fingerprint density at radius 3 is 3.00 bits per heavy atom. The molecule has 0 saturated carbocycles. The predicted molar refractivity (Wildman–Crippen MR) is 83.9 cm³/mol. The van der Waals surface area contributed by atoms with Crippen LogP contribution in [0.1, 0.15) is 12.0 Å². The number of nitrogens with one attached hydrogen (secondary N) is 1. The van der Waals surface area contributed by atoms with Crippen LogP contribution < -0.4 is 10.1 Å². The van der Waals surface area contributed by atoms with Gasteiger partial charge in [-0.1, -0.05) is 12.1 Å². The van der Waals surface area contributed by atoms with Crippen molar-refractivity contribution in [1.82, 2.24) is 10.2 Å². The van der Waals surface area contributed by atoms with E-state index in [1.807, 2.05) is 31.3 Å². The van der Waals surface area contributed by atoms with Gasteiger partial charge in [-0.05, 0) is 17.7 Å². The van der Waals surface area contributed by atoms with Crippen LogP contribution in [0.2, 0.25) is 0 Å². The zero-order valence-electron chi connectivity index (χ0n) is 12.5. The summed E-state index contributed by atoms with van der Waals surface area (Å²) in [5, 5.41) is 3.23. The molecule has 0 radical (unpaired) electrons. The van der Waals surface area contributed by atoms with Gasteiger partial charge in [0, 0.05) is 26.7 Å². The number of carbonyl (C=O) groups excluding carboxylic acids is 1. The van der Waals surface area contributed by atoms with Gasteiger partial charge in [0.1, 0.15) is 5.75 Å². The summed E-state index contributed by atoms with van der Waals surface area (Å²) in [6, 6.07) is 7.76. The molecular formula is C15H23ClN2O3. The van der Waals surface area contributed by atoms with E-state index in [1.165, 1.54) is 0 Å². The SMILES string of the molecule is COc1cccc(CN(C)C(=O)CC2CNCCO2)c1.Cl. The quantitative estimate of drug-likeness (QED) is 0.894. The summed E-state index contributed by atoms with van der Waals surface area (Å²) in [7, 11) is 3.46. The lowest BCUT2D eigenvalue weighted by Gasteiger charge is -2.25. The van der Waals surface area contributed by atoms with Crippen molar-refractivity contribution in [3.05, 3.63) is 29.8 Å². The highest BCUT2D eigenvalue weighted by atomic mass is 35.5. The molecule has 6 heteroatoms. The molecule has 5 nitrogen and oxygen atoms in total. The number of ether oxygens (including phenoxy) is 2. The molecule has 0 bridgehead atoms. The fourth-order valence-electron chi connectivity index (χ4n) is 2.23. The smallest absolute Gasteiger partial charge is 0.225 e. The van der Waals surface area contributed by atoms with Gasteiger partial charge in [-0.25, -0.2) is 0 Å². The van der Waals surface area contributed by atoms with Crippen molar-refractivity contribution in [3.63, 3.8) is 0 Å². The van der Waals surface area contributed by atoms with Crippen LogP contribution in [0.4, 0.5) is 0 Å². The van der Waals surface area contributed by atoms with Gasteiger partial charge in [0.05, 0.1) is 26.2 Å². The van der Waals surface area contributed by atoms with Crippen LogP contribution in [-0.4, -0.2) is 50.8 Å². The van der Waals surface area contributed by atoms with Gasteiger partial charge in [0.15, 0.2) is 0 Å². The summed E-state index contributed by atoms with van der Waals surface area (Å²) in [4.78, 5) is 13.9. The number of rotatable bonds is 5. The third kappa shape index (κ3) is 5.53. The first-order chi connectivity index (χ1) is 9.69. The van der Waals surface area contributed by atoms with Crippen molar-refractivity contribution < 1.29 is 14.3 Å². The second kappa shape index (κ2) is 8.87. The first-order valence-corrected chi connectivity index (χ1v) is 6.88. The Kier molecular flexibility index (Phi) is 7.50. The van der Waals surface area contributed by atoms with Crippen molar-refractivity contribution in [2.24, 2.45) is 0 Å². The lowest BCUT2D eigenvalue weighted by Crippen LogP contribution is -2.41. The summed E-state index contributed by atoms with van der Waals surface area (Å²) in [6.07, 6.45) is 0.414. The van der Waals surface area contributed by atoms with Crippen molar-refractivity contribution in [2.45, 2.75) is 19.1 Å². The van der Waals surface area contributed by atoms with E-state index in [0.29, 0.717) is 19.6 Å². The van der Waals surface area contributed by atoms with Gasteiger partial charge in [0.2, 0.25) is 5.91 Å². The van der Waals surface area contributed by atoms with Gasteiger partial charge in [-0.2, -0.15) is 0 Å². The van der Waals surface area contributed by atoms with Gasteiger partial charge in [-0.15, -0.1) is 12.4 Å². The summed E-state index contributed by atoms with van der Waals surface area (Å²) < 4.78 is 10.7. The molecule has 1 aliphatic rings. The molecule has 1 aromatic rings. The predicted octanol–water partition coefficient (Wildman–Crippen LogP) is 1.45. The van der Waals surface area contributed by atoms with Gasteiger partial charge < -0.3 is 19.7 Å². The van der Waals surface area contributed by atoms with Crippen LogP contribution in [0.3, 0.4) is 0 Å². The molecule has 1 saturated heterocycles. The molecule has 0 aromatic heterocycles. The second-order valence-corrected chi connectivity index (χ2v) is 5.00. The summed E-state index contributed by atoms with van der Waals surface area (Å²) in [5.41, 5.74) is 1.06. The zero-order valence-corrected chi connectivity index (χ0v) is 13.3. The molecule has 1 heterocycles. The Hall–Kier alpha value is -1.30. The van der Waals surface area contributed by atoms with Crippen LogP contribution in [0.5, 0.6) is 5.75 Å². The number of halogens is 1. The maximum absolute atomic E-state index is 12.2. The van der Waals surface area contributed by atoms with E-state index in [-0.39, 0.29) is 24.4 Å². The molecule has 2 rings (SSSR count). The molecule has 0 spiro atoms. The Labute approximate surface area is 132 Å². The third-order valence-electron chi connectivity index (χ3n) is 3.39. The average molecular weight is 315 g/mol.